The standard InChI is InChI=1S/C16H24N2O2.C8H9NO/c1-16(2,3)20-15(19)18-11-9-17(10-12-18)13-14-7-5-4-6-8-14;1-9-8(10)7-5-3-2-4-6-7/h4-8H,9-13H2,1-3H3;2-6H,1H3,(H,9,10). The Balaban J connectivity index is 0.000000269. The maximum Gasteiger partial charge on any atom is 0.410 e. The number of hydrogen-bond donors (Lipinski definition) is 1. The van der Waals surface area contributed by atoms with E-state index in [1.807, 2.05) is 45.0 Å². The zero-order valence-electron chi connectivity index (χ0n) is 18.4. The lowest BCUT2D eigenvalue weighted by Crippen LogP contribution is -2.49. The minimum absolute atomic E-state index is 0.0411. The summed E-state index contributed by atoms with van der Waals surface area (Å²) in [4.78, 5) is 27.0. The van der Waals surface area contributed by atoms with Crippen molar-refractivity contribution in [1.29, 1.82) is 0 Å². The van der Waals surface area contributed by atoms with Crippen LogP contribution in [0.5, 0.6) is 0 Å². The maximum atomic E-state index is 12.0. The first-order valence-corrected chi connectivity index (χ1v) is 10.3. The summed E-state index contributed by atoms with van der Waals surface area (Å²) in [5.41, 5.74) is 1.60. The first-order valence-electron chi connectivity index (χ1n) is 10.3. The van der Waals surface area contributed by atoms with Gasteiger partial charge in [-0.2, -0.15) is 0 Å². The van der Waals surface area contributed by atoms with Crippen molar-refractivity contribution in [2.75, 3.05) is 33.2 Å². The number of nitrogens with one attached hydrogen (secondary N) is 1. The molecule has 2 amide bonds. The summed E-state index contributed by atoms with van der Waals surface area (Å²) in [7, 11) is 1.62. The molecule has 0 atom stereocenters. The van der Waals surface area contributed by atoms with Crippen molar-refractivity contribution in [3.63, 3.8) is 0 Å². The van der Waals surface area contributed by atoms with Crippen LogP contribution in [0.25, 0.3) is 0 Å². The molecule has 1 fully saturated rings. The van der Waals surface area contributed by atoms with Gasteiger partial charge in [-0.05, 0) is 38.5 Å². The Hall–Kier alpha value is -2.86. The highest BCUT2D eigenvalue weighted by Crippen LogP contribution is 2.13. The number of ether oxygens (including phenoxy) is 1. The summed E-state index contributed by atoms with van der Waals surface area (Å²) in [5.74, 6) is -0.0411. The number of rotatable bonds is 3. The number of piperazine rings is 1. The second-order valence-corrected chi connectivity index (χ2v) is 8.17. The molecule has 0 radical (unpaired) electrons. The smallest absolute Gasteiger partial charge is 0.410 e. The van der Waals surface area contributed by atoms with Gasteiger partial charge in [-0.1, -0.05) is 48.5 Å². The third-order valence-corrected chi connectivity index (χ3v) is 4.54. The summed E-state index contributed by atoms with van der Waals surface area (Å²) in [6, 6.07) is 19.5. The van der Waals surface area contributed by atoms with Crippen LogP contribution in [-0.4, -0.2) is 60.6 Å². The third kappa shape index (κ3) is 8.25. The van der Waals surface area contributed by atoms with Crippen LogP contribution in [0.15, 0.2) is 60.7 Å². The average Bonchev–Trinajstić information content (AvgIpc) is 2.74. The molecule has 162 valence electrons. The predicted molar refractivity (Wildman–Crippen MR) is 119 cm³/mol. The number of hydrogen-bond acceptors (Lipinski definition) is 4. The van der Waals surface area contributed by atoms with Crippen LogP contribution in [-0.2, 0) is 11.3 Å². The molecule has 1 aliphatic heterocycles. The lowest BCUT2D eigenvalue weighted by Gasteiger charge is -2.35. The monoisotopic (exact) mass is 411 g/mol. The molecule has 0 aliphatic carbocycles. The minimum Gasteiger partial charge on any atom is -0.444 e. The van der Waals surface area contributed by atoms with Crippen LogP contribution in [0.4, 0.5) is 4.79 Å². The second-order valence-electron chi connectivity index (χ2n) is 8.17. The van der Waals surface area contributed by atoms with Gasteiger partial charge in [-0.3, -0.25) is 9.69 Å². The molecular formula is C24H33N3O3. The molecule has 6 nitrogen and oxygen atoms in total. The highest BCUT2D eigenvalue weighted by atomic mass is 16.6. The largest absolute Gasteiger partial charge is 0.444 e. The van der Waals surface area contributed by atoms with Crippen molar-refractivity contribution in [1.82, 2.24) is 15.1 Å². The SMILES string of the molecule is CC(C)(C)OC(=O)N1CCN(Cc2ccccc2)CC1.CNC(=O)c1ccccc1. The first kappa shape index (κ1) is 23.4. The molecular weight excluding hydrogens is 378 g/mol. The van der Waals surface area contributed by atoms with Gasteiger partial charge in [0.1, 0.15) is 5.60 Å². The summed E-state index contributed by atoms with van der Waals surface area (Å²) in [6.07, 6.45) is -0.197. The lowest BCUT2D eigenvalue weighted by molar-refractivity contribution is 0.0139. The Morgan fingerprint density at radius 2 is 1.43 bits per heavy atom. The van der Waals surface area contributed by atoms with Crippen LogP contribution in [0, 0.1) is 0 Å². The molecule has 0 spiro atoms. The van der Waals surface area contributed by atoms with Gasteiger partial charge in [0.25, 0.3) is 5.91 Å². The van der Waals surface area contributed by atoms with Gasteiger partial charge in [0.2, 0.25) is 0 Å². The van der Waals surface area contributed by atoms with Crippen molar-refractivity contribution in [3.05, 3.63) is 71.8 Å². The Kier molecular flexibility index (Phi) is 8.87. The third-order valence-electron chi connectivity index (χ3n) is 4.54. The fourth-order valence-electron chi connectivity index (χ4n) is 2.99. The van der Waals surface area contributed by atoms with E-state index in [1.54, 1.807) is 24.1 Å². The number of nitrogens with zero attached hydrogens (tertiary/aromatic N) is 2. The average molecular weight is 412 g/mol. The predicted octanol–water partition coefficient (Wildman–Crippen LogP) is 3.79. The molecule has 0 bridgehead atoms. The zero-order valence-corrected chi connectivity index (χ0v) is 18.4. The summed E-state index contributed by atoms with van der Waals surface area (Å²) in [5, 5.41) is 2.54. The van der Waals surface area contributed by atoms with Crippen LogP contribution in [0.1, 0.15) is 36.7 Å². The Morgan fingerprint density at radius 3 is 1.93 bits per heavy atom. The van der Waals surface area contributed by atoms with Gasteiger partial charge >= 0.3 is 6.09 Å². The molecule has 0 aromatic heterocycles. The molecule has 0 unspecified atom stereocenters. The number of carbonyl (C=O) groups is 2. The van der Waals surface area contributed by atoms with E-state index < -0.39 is 5.60 Å². The van der Waals surface area contributed by atoms with E-state index in [-0.39, 0.29) is 12.0 Å². The fourth-order valence-corrected chi connectivity index (χ4v) is 2.99. The van der Waals surface area contributed by atoms with E-state index in [0.29, 0.717) is 5.56 Å². The summed E-state index contributed by atoms with van der Waals surface area (Å²) in [6.45, 7) is 9.92. The topological polar surface area (TPSA) is 61.9 Å². The molecule has 3 rings (SSSR count). The van der Waals surface area contributed by atoms with Gasteiger partial charge in [0.15, 0.2) is 0 Å². The van der Waals surface area contributed by atoms with E-state index in [1.165, 1.54) is 5.56 Å². The number of carbonyl (C=O) groups excluding carboxylic acids is 2. The quantitative estimate of drug-likeness (QED) is 0.835. The number of amides is 2. The van der Waals surface area contributed by atoms with Crippen molar-refractivity contribution < 1.29 is 14.3 Å². The maximum absolute atomic E-state index is 12.0. The molecule has 2 aromatic rings. The van der Waals surface area contributed by atoms with Crippen molar-refractivity contribution in [2.24, 2.45) is 0 Å². The highest BCUT2D eigenvalue weighted by Gasteiger charge is 2.25. The highest BCUT2D eigenvalue weighted by molar-refractivity contribution is 5.93. The van der Waals surface area contributed by atoms with Crippen LogP contribution in [0.3, 0.4) is 0 Å². The van der Waals surface area contributed by atoms with E-state index in [0.717, 1.165) is 32.7 Å². The molecule has 30 heavy (non-hydrogen) atoms. The van der Waals surface area contributed by atoms with Crippen LogP contribution in [0.2, 0.25) is 0 Å². The number of benzene rings is 2. The van der Waals surface area contributed by atoms with Crippen molar-refractivity contribution in [3.8, 4) is 0 Å². The molecule has 1 N–H and O–H groups in total. The zero-order chi connectivity index (χ0) is 22.0. The first-order chi connectivity index (χ1) is 14.3. The molecule has 1 heterocycles. The van der Waals surface area contributed by atoms with Crippen LogP contribution >= 0.6 is 0 Å². The van der Waals surface area contributed by atoms with Gasteiger partial charge < -0.3 is 15.0 Å². The van der Waals surface area contributed by atoms with Crippen LogP contribution < -0.4 is 5.32 Å². The summed E-state index contributed by atoms with van der Waals surface area (Å²) >= 11 is 0. The van der Waals surface area contributed by atoms with E-state index in [4.69, 9.17) is 4.74 Å². The summed E-state index contributed by atoms with van der Waals surface area (Å²) < 4.78 is 5.40. The van der Waals surface area contributed by atoms with E-state index in [2.05, 4.69) is 34.5 Å². The molecule has 1 saturated heterocycles. The normalized spacial score (nSPS) is 14.3. The Morgan fingerprint density at radius 1 is 0.900 bits per heavy atom. The van der Waals surface area contributed by atoms with E-state index >= 15 is 0 Å². The van der Waals surface area contributed by atoms with Crippen molar-refractivity contribution in [2.45, 2.75) is 32.9 Å². The van der Waals surface area contributed by atoms with Gasteiger partial charge in [-0.25, -0.2) is 4.79 Å². The Bertz CT molecular complexity index is 780. The van der Waals surface area contributed by atoms with Gasteiger partial charge in [-0.15, -0.1) is 0 Å². The minimum atomic E-state index is -0.418. The fraction of sp³-hybridized carbons (Fsp3) is 0.417. The lowest BCUT2D eigenvalue weighted by atomic mass is 10.2. The molecule has 0 saturated carbocycles. The van der Waals surface area contributed by atoms with E-state index in [9.17, 15) is 9.59 Å². The second kappa shape index (κ2) is 11.4. The Labute approximate surface area is 179 Å². The van der Waals surface area contributed by atoms with Gasteiger partial charge in [0, 0.05) is 45.3 Å². The van der Waals surface area contributed by atoms with Gasteiger partial charge in [0.05, 0.1) is 0 Å². The molecule has 6 heteroatoms. The van der Waals surface area contributed by atoms with Crippen molar-refractivity contribution >= 4 is 12.0 Å². The molecule has 2 aromatic carbocycles. The molecule has 1 aliphatic rings.